The molecule has 8 nitrogen and oxygen atoms in total. The summed E-state index contributed by atoms with van der Waals surface area (Å²) in [5.74, 6) is -0.356. The molecular weight excluding hydrogens is 434 g/mol. The highest BCUT2D eigenvalue weighted by Crippen LogP contribution is 2.31. The van der Waals surface area contributed by atoms with Crippen molar-refractivity contribution in [2.45, 2.75) is 53.2 Å². The van der Waals surface area contributed by atoms with Gasteiger partial charge in [-0.3, -0.25) is 14.9 Å². The summed E-state index contributed by atoms with van der Waals surface area (Å²) in [4.78, 5) is 26.5. The van der Waals surface area contributed by atoms with E-state index in [0.29, 0.717) is 23.2 Å². The molecule has 1 N–H and O–H groups in total. The maximum atomic E-state index is 11.7. The summed E-state index contributed by atoms with van der Waals surface area (Å²) in [6, 6.07) is 17.2. The minimum absolute atomic E-state index is 0.116. The summed E-state index contributed by atoms with van der Waals surface area (Å²) in [5.41, 5.74) is 1.57. The number of esters is 1. The van der Waals surface area contributed by atoms with Gasteiger partial charge in [-0.2, -0.15) is 0 Å². The van der Waals surface area contributed by atoms with Crippen molar-refractivity contribution in [1.29, 1.82) is 0 Å². The number of rotatable bonds is 7. The number of hydrogen-bond donors (Lipinski definition) is 1. The fraction of sp³-hybridized carbons (Fsp3) is 0.385. The number of fused-ring (bicyclic) bond motifs is 1. The lowest BCUT2D eigenvalue weighted by atomic mass is 10.1. The number of methoxy groups -OCH3 is 1. The first kappa shape index (κ1) is 28.5. The first-order valence-corrected chi connectivity index (χ1v) is 11.2. The number of pyridine rings is 1. The predicted molar refractivity (Wildman–Crippen MR) is 136 cm³/mol. The summed E-state index contributed by atoms with van der Waals surface area (Å²) in [5, 5.41) is 14.8. The predicted octanol–water partition coefficient (Wildman–Crippen LogP) is 6.15. The van der Waals surface area contributed by atoms with Crippen molar-refractivity contribution in [2.75, 3.05) is 19.0 Å². The zero-order valence-electron chi connectivity index (χ0n) is 20.8. The third-order valence-corrected chi connectivity index (χ3v) is 4.16. The molecule has 0 bridgehead atoms. The number of ether oxygens (including phenoxy) is 2. The number of nitrogens with zero attached hydrogens (tertiary/aromatic N) is 2. The van der Waals surface area contributed by atoms with E-state index in [2.05, 4.69) is 10.3 Å². The highest BCUT2D eigenvalue weighted by atomic mass is 16.6. The molecule has 0 aliphatic carbocycles. The van der Waals surface area contributed by atoms with Crippen LogP contribution >= 0.6 is 0 Å². The summed E-state index contributed by atoms with van der Waals surface area (Å²) in [6.45, 7) is 10.3. The minimum atomic E-state index is -0.549. The molecule has 1 heterocycles. The van der Waals surface area contributed by atoms with Crippen LogP contribution in [0.4, 0.5) is 11.4 Å². The maximum absolute atomic E-state index is 11.7. The number of aromatic nitrogens is 1. The number of carbonyl (C=O) groups is 1. The van der Waals surface area contributed by atoms with Crippen molar-refractivity contribution in [1.82, 2.24) is 4.98 Å². The number of nitrogens with one attached hydrogen (secondary N) is 1. The SMILES string of the molecule is CC.CC(C)(C)OC(=O)CCNc1c([N+](=O)[O-])cnc2ccccc12.COCc1ccccc1. The van der Waals surface area contributed by atoms with Gasteiger partial charge in [-0.05, 0) is 32.4 Å². The second-order valence-electron chi connectivity index (χ2n) is 7.97. The number of carbonyl (C=O) groups excluding carboxylic acids is 1. The van der Waals surface area contributed by atoms with E-state index >= 15 is 0 Å². The highest BCUT2D eigenvalue weighted by molar-refractivity contribution is 5.95. The summed E-state index contributed by atoms with van der Waals surface area (Å²) < 4.78 is 10.1. The molecule has 0 radical (unpaired) electrons. The van der Waals surface area contributed by atoms with Crippen molar-refractivity contribution >= 4 is 28.2 Å². The molecule has 0 saturated carbocycles. The van der Waals surface area contributed by atoms with Gasteiger partial charge < -0.3 is 14.8 Å². The van der Waals surface area contributed by atoms with E-state index in [4.69, 9.17) is 9.47 Å². The van der Waals surface area contributed by atoms with Crippen molar-refractivity contribution in [2.24, 2.45) is 0 Å². The second-order valence-corrected chi connectivity index (χ2v) is 7.97. The maximum Gasteiger partial charge on any atom is 0.311 e. The quantitative estimate of drug-likeness (QED) is 0.251. The fourth-order valence-electron chi connectivity index (χ4n) is 2.88. The van der Waals surface area contributed by atoms with E-state index < -0.39 is 10.5 Å². The highest BCUT2D eigenvalue weighted by Gasteiger charge is 2.19. The van der Waals surface area contributed by atoms with E-state index in [1.807, 2.05) is 50.2 Å². The van der Waals surface area contributed by atoms with Crippen molar-refractivity contribution < 1.29 is 19.2 Å². The van der Waals surface area contributed by atoms with Crippen molar-refractivity contribution in [3.8, 4) is 0 Å². The normalized spacial score (nSPS) is 10.3. The molecule has 184 valence electrons. The second kappa shape index (κ2) is 14.6. The number of nitro groups is 1. The molecule has 0 aliphatic rings. The molecule has 34 heavy (non-hydrogen) atoms. The zero-order chi connectivity index (χ0) is 25.6. The topological polar surface area (TPSA) is 104 Å². The van der Waals surface area contributed by atoms with Gasteiger partial charge in [-0.1, -0.05) is 62.4 Å². The smallest absolute Gasteiger partial charge is 0.311 e. The third kappa shape index (κ3) is 9.95. The fourth-order valence-corrected chi connectivity index (χ4v) is 2.88. The first-order valence-electron chi connectivity index (χ1n) is 11.2. The Morgan fingerprint density at radius 2 is 1.68 bits per heavy atom. The summed E-state index contributed by atoms with van der Waals surface area (Å²) >= 11 is 0. The van der Waals surface area contributed by atoms with E-state index in [1.54, 1.807) is 46.1 Å². The Hall–Kier alpha value is -3.52. The van der Waals surface area contributed by atoms with Crippen LogP contribution in [0.25, 0.3) is 10.9 Å². The Bertz CT molecular complexity index is 1030. The standard InChI is InChI=1S/C16H19N3O4.C8H10O.C2H6/c1-16(2,3)23-14(20)8-9-17-15-11-6-4-5-7-12(11)18-10-13(15)19(21)22;1-9-7-8-5-3-2-4-6-8;1-2/h4-7,10H,8-9H2,1-3H3,(H,17,18);2-6H,7H2,1H3;1-2H3. The third-order valence-electron chi connectivity index (χ3n) is 4.16. The largest absolute Gasteiger partial charge is 0.460 e. The van der Waals surface area contributed by atoms with Crippen LogP contribution in [0.1, 0.15) is 46.6 Å². The molecule has 0 atom stereocenters. The van der Waals surface area contributed by atoms with E-state index in [9.17, 15) is 14.9 Å². The molecule has 2 aromatic carbocycles. The summed E-state index contributed by atoms with van der Waals surface area (Å²) in [7, 11) is 1.70. The van der Waals surface area contributed by atoms with E-state index in [0.717, 1.165) is 0 Å². The van der Waals surface area contributed by atoms with E-state index in [-0.39, 0.29) is 24.6 Å². The van der Waals surface area contributed by atoms with Gasteiger partial charge in [0.25, 0.3) is 0 Å². The van der Waals surface area contributed by atoms with Gasteiger partial charge in [0.2, 0.25) is 0 Å². The summed E-state index contributed by atoms with van der Waals surface area (Å²) in [6.07, 6.45) is 1.34. The first-order chi connectivity index (χ1) is 16.2. The molecule has 3 aromatic rings. The average molecular weight is 470 g/mol. The van der Waals surface area contributed by atoms with Gasteiger partial charge in [-0.15, -0.1) is 0 Å². The molecular formula is C26H35N3O5. The monoisotopic (exact) mass is 469 g/mol. The van der Waals surface area contributed by atoms with Crippen LogP contribution in [0.2, 0.25) is 0 Å². The molecule has 0 fully saturated rings. The lowest BCUT2D eigenvalue weighted by molar-refractivity contribution is -0.384. The van der Waals surface area contributed by atoms with Gasteiger partial charge >= 0.3 is 11.7 Å². The van der Waals surface area contributed by atoms with Gasteiger partial charge in [0, 0.05) is 19.0 Å². The Labute approximate surface area is 201 Å². The number of hydrogen-bond acceptors (Lipinski definition) is 7. The van der Waals surface area contributed by atoms with Crippen LogP contribution in [0.5, 0.6) is 0 Å². The lowest BCUT2D eigenvalue weighted by Crippen LogP contribution is -2.25. The van der Waals surface area contributed by atoms with Crippen molar-refractivity contribution in [3.63, 3.8) is 0 Å². The van der Waals surface area contributed by atoms with Crippen LogP contribution < -0.4 is 5.32 Å². The Balaban J connectivity index is 0.000000437. The minimum Gasteiger partial charge on any atom is -0.460 e. The molecule has 0 aliphatic heterocycles. The molecule has 0 spiro atoms. The van der Waals surface area contributed by atoms with Gasteiger partial charge in [0.05, 0.1) is 23.5 Å². The van der Waals surface area contributed by atoms with Crippen molar-refractivity contribution in [3.05, 3.63) is 76.5 Å². The Kier molecular flexibility index (Phi) is 12.2. The van der Waals surface area contributed by atoms with Crippen LogP contribution in [-0.4, -0.2) is 35.1 Å². The molecule has 3 rings (SSSR count). The van der Waals surface area contributed by atoms with Gasteiger partial charge in [0.1, 0.15) is 17.5 Å². The van der Waals surface area contributed by atoms with Crippen LogP contribution in [-0.2, 0) is 20.9 Å². The van der Waals surface area contributed by atoms with Gasteiger partial charge in [-0.25, -0.2) is 4.98 Å². The number of anilines is 1. The number of para-hydroxylation sites is 1. The van der Waals surface area contributed by atoms with E-state index in [1.165, 1.54) is 11.8 Å². The molecule has 0 unspecified atom stereocenters. The Morgan fingerprint density at radius 3 is 2.26 bits per heavy atom. The Morgan fingerprint density at radius 1 is 1.06 bits per heavy atom. The van der Waals surface area contributed by atoms with Crippen LogP contribution in [0.3, 0.4) is 0 Å². The van der Waals surface area contributed by atoms with Crippen LogP contribution in [0.15, 0.2) is 60.8 Å². The zero-order valence-corrected chi connectivity index (χ0v) is 20.8. The molecule has 0 saturated heterocycles. The number of benzene rings is 2. The van der Waals surface area contributed by atoms with Gasteiger partial charge in [0.15, 0.2) is 0 Å². The van der Waals surface area contributed by atoms with Crippen LogP contribution in [0, 0.1) is 10.1 Å². The molecule has 8 heteroatoms. The lowest BCUT2D eigenvalue weighted by Gasteiger charge is -2.19. The molecule has 1 aromatic heterocycles. The molecule has 0 amide bonds. The average Bonchev–Trinajstić information content (AvgIpc) is 2.80.